The van der Waals surface area contributed by atoms with E-state index in [1.807, 2.05) is 0 Å². The molecular weight excluding hydrogens is 913 g/mol. The predicted octanol–water partition coefficient (Wildman–Crippen LogP) is 20.6. The Kier molecular flexibility index (Phi) is 57.4. The van der Waals surface area contributed by atoms with Crippen LogP contribution >= 0.6 is 0 Å². The lowest BCUT2D eigenvalue weighted by Gasteiger charge is -2.18. The van der Waals surface area contributed by atoms with Gasteiger partial charge in [-0.25, -0.2) is 0 Å². The van der Waals surface area contributed by atoms with Gasteiger partial charge in [-0.15, -0.1) is 0 Å². The maximum absolute atomic E-state index is 12.8. The second kappa shape index (κ2) is 61.1. The average Bonchev–Trinajstić information content (AvgIpc) is 3.40. The minimum absolute atomic E-state index is 0.0886. The molecule has 0 aromatic carbocycles. The van der Waals surface area contributed by atoms with Crippen molar-refractivity contribution in [2.45, 2.75) is 264 Å². The van der Waals surface area contributed by atoms with Crippen LogP contribution < -0.4 is 0 Å². The Labute approximate surface area is 455 Å². The molecule has 1 atom stereocenters. The van der Waals surface area contributed by atoms with Crippen molar-refractivity contribution in [3.8, 4) is 0 Å². The molecule has 1 unspecified atom stereocenters. The third kappa shape index (κ3) is 58.4. The zero-order valence-electron chi connectivity index (χ0n) is 47.8. The summed E-state index contributed by atoms with van der Waals surface area (Å²) in [6.45, 7) is 6.33. The van der Waals surface area contributed by atoms with Crippen molar-refractivity contribution in [1.29, 1.82) is 0 Å². The quantitative estimate of drug-likeness (QED) is 0.0261. The Morgan fingerprint density at radius 1 is 0.284 bits per heavy atom. The van der Waals surface area contributed by atoms with Gasteiger partial charge in [0.1, 0.15) is 13.2 Å². The van der Waals surface area contributed by atoms with Crippen LogP contribution in [-0.4, -0.2) is 37.2 Å². The summed E-state index contributed by atoms with van der Waals surface area (Å²) in [6.07, 6.45) is 86.2. The predicted molar refractivity (Wildman–Crippen MR) is 320 cm³/mol. The van der Waals surface area contributed by atoms with Crippen molar-refractivity contribution in [1.82, 2.24) is 0 Å². The lowest BCUT2D eigenvalue weighted by Crippen LogP contribution is -2.30. The molecule has 0 N–H and O–H groups in total. The molecule has 0 saturated carbocycles. The molecule has 0 aliphatic carbocycles. The molecule has 0 bridgehead atoms. The standard InChI is InChI=1S/C68H110O6/c1-4-7-10-13-16-18-20-22-24-26-28-29-30-31-32-33-34-35-36-37-38-39-41-42-44-46-48-50-52-55-58-61-67(70)73-64-65(63-72-66(69)60-57-54-15-12-9-6-3)74-68(71)62-59-56-53-51-49-47-45-43-40-27-25-23-21-19-17-14-11-8-5-2/h7-8,10-11,16-19,22-25,28-29,31-32,34-35,37-38,40,43,65H,4-6,9,12-15,20-21,26-27,30,33,36,39,41-42,44-64H2,1-3H3/b10-7-,11-8-,18-16-,19-17-,24-22-,25-23-,29-28-,32-31-,35-34-,38-37-,43-40-. The SMILES string of the molecule is CC/C=C\C/C=C\C/C=C\C/C=C\C/C=C\C/C=C\C/C=C\CCCCCCCCCCCC(=O)OCC(COC(=O)CCCCCCCC)OC(=O)CCCCCCCC/C=C\C/C=C\C/C=C\C/C=C\CC. The summed E-state index contributed by atoms with van der Waals surface area (Å²) in [5, 5.41) is 0. The van der Waals surface area contributed by atoms with Crippen molar-refractivity contribution in [3.63, 3.8) is 0 Å². The molecule has 0 aromatic rings. The van der Waals surface area contributed by atoms with Crippen LogP contribution in [0.15, 0.2) is 134 Å². The second-order valence-electron chi connectivity index (χ2n) is 19.5. The summed E-state index contributed by atoms with van der Waals surface area (Å²) in [5.41, 5.74) is 0. The van der Waals surface area contributed by atoms with Gasteiger partial charge in [-0.1, -0.05) is 257 Å². The van der Waals surface area contributed by atoms with E-state index in [-0.39, 0.29) is 31.1 Å². The highest BCUT2D eigenvalue weighted by Crippen LogP contribution is 2.14. The first-order valence-corrected chi connectivity index (χ1v) is 30.2. The van der Waals surface area contributed by atoms with E-state index in [1.54, 1.807) is 0 Å². The number of carbonyl (C=O) groups excluding carboxylic acids is 3. The van der Waals surface area contributed by atoms with E-state index in [9.17, 15) is 14.4 Å². The lowest BCUT2D eigenvalue weighted by atomic mass is 10.1. The number of hydrogen-bond acceptors (Lipinski definition) is 6. The second-order valence-corrected chi connectivity index (χ2v) is 19.5. The molecule has 6 nitrogen and oxygen atoms in total. The number of unbranched alkanes of at least 4 members (excludes halogenated alkanes) is 20. The minimum Gasteiger partial charge on any atom is -0.462 e. The van der Waals surface area contributed by atoms with Gasteiger partial charge in [0, 0.05) is 19.3 Å². The summed E-state index contributed by atoms with van der Waals surface area (Å²) in [6, 6.07) is 0. The highest BCUT2D eigenvalue weighted by Gasteiger charge is 2.19. The lowest BCUT2D eigenvalue weighted by molar-refractivity contribution is -0.167. The molecule has 418 valence electrons. The average molecular weight is 1020 g/mol. The van der Waals surface area contributed by atoms with Gasteiger partial charge in [-0.3, -0.25) is 14.4 Å². The van der Waals surface area contributed by atoms with Crippen molar-refractivity contribution < 1.29 is 28.6 Å². The first-order valence-electron chi connectivity index (χ1n) is 30.2. The molecule has 0 heterocycles. The van der Waals surface area contributed by atoms with Crippen molar-refractivity contribution in [2.24, 2.45) is 0 Å². The van der Waals surface area contributed by atoms with Gasteiger partial charge in [-0.2, -0.15) is 0 Å². The van der Waals surface area contributed by atoms with Crippen molar-refractivity contribution >= 4 is 17.9 Å². The molecule has 0 fully saturated rings. The van der Waals surface area contributed by atoms with Gasteiger partial charge in [0.2, 0.25) is 0 Å². The van der Waals surface area contributed by atoms with Crippen LogP contribution in [0.25, 0.3) is 0 Å². The number of esters is 3. The largest absolute Gasteiger partial charge is 0.462 e. The molecule has 6 heteroatoms. The fourth-order valence-corrected chi connectivity index (χ4v) is 7.94. The van der Waals surface area contributed by atoms with Crippen LogP contribution in [0.1, 0.15) is 258 Å². The van der Waals surface area contributed by atoms with Gasteiger partial charge in [0.15, 0.2) is 6.10 Å². The molecular formula is C68H110O6. The highest BCUT2D eigenvalue weighted by molar-refractivity contribution is 5.71. The van der Waals surface area contributed by atoms with E-state index in [2.05, 4.69) is 154 Å². The number of ether oxygens (including phenoxy) is 3. The summed E-state index contributed by atoms with van der Waals surface area (Å²) in [7, 11) is 0. The smallest absolute Gasteiger partial charge is 0.306 e. The minimum atomic E-state index is -0.789. The van der Waals surface area contributed by atoms with E-state index >= 15 is 0 Å². The summed E-state index contributed by atoms with van der Waals surface area (Å²) in [4.78, 5) is 37.9. The van der Waals surface area contributed by atoms with Crippen molar-refractivity contribution in [2.75, 3.05) is 13.2 Å². The molecule has 74 heavy (non-hydrogen) atoms. The fraction of sp³-hybridized carbons (Fsp3) is 0.632. The monoisotopic (exact) mass is 1020 g/mol. The van der Waals surface area contributed by atoms with E-state index in [4.69, 9.17) is 14.2 Å². The van der Waals surface area contributed by atoms with Gasteiger partial charge in [0.25, 0.3) is 0 Å². The number of allylic oxidation sites excluding steroid dienone is 22. The third-order valence-corrected chi connectivity index (χ3v) is 12.4. The van der Waals surface area contributed by atoms with Gasteiger partial charge >= 0.3 is 17.9 Å². The topological polar surface area (TPSA) is 78.9 Å². The van der Waals surface area contributed by atoms with Crippen LogP contribution in [0.5, 0.6) is 0 Å². The Morgan fingerprint density at radius 3 is 0.824 bits per heavy atom. The number of rotatable bonds is 53. The summed E-state index contributed by atoms with van der Waals surface area (Å²) < 4.78 is 16.8. The number of hydrogen-bond donors (Lipinski definition) is 0. The van der Waals surface area contributed by atoms with Crippen LogP contribution in [0.4, 0.5) is 0 Å². The first kappa shape index (κ1) is 69.5. The molecule has 0 saturated heterocycles. The zero-order chi connectivity index (χ0) is 53.6. The van der Waals surface area contributed by atoms with Crippen LogP contribution in [0, 0.1) is 0 Å². The molecule has 0 spiro atoms. The Bertz CT molecular complexity index is 1600. The Balaban J connectivity index is 4.15. The Hall–Kier alpha value is -4.45. The number of carbonyl (C=O) groups is 3. The summed E-state index contributed by atoms with van der Waals surface area (Å²) in [5.74, 6) is -0.921. The third-order valence-electron chi connectivity index (χ3n) is 12.4. The highest BCUT2D eigenvalue weighted by atomic mass is 16.6. The van der Waals surface area contributed by atoms with E-state index in [1.165, 1.54) is 70.6 Å². The van der Waals surface area contributed by atoms with Crippen LogP contribution in [0.3, 0.4) is 0 Å². The van der Waals surface area contributed by atoms with Crippen molar-refractivity contribution in [3.05, 3.63) is 134 Å². The first-order chi connectivity index (χ1) is 36.5. The zero-order valence-corrected chi connectivity index (χ0v) is 47.8. The fourth-order valence-electron chi connectivity index (χ4n) is 7.94. The van der Waals surface area contributed by atoms with Gasteiger partial charge in [0.05, 0.1) is 0 Å². The maximum atomic E-state index is 12.8. The molecule has 0 aliphatic rings. The van der Waals surface area contributed by atoms with Gasteiger partial charge < -0.3 is 14.2 Å². The molecule has 0 radical (unpaired) electrons. The normalized spacial score (nSPS) is 13.1. The molecule has 0 aromatic heterocycles. The Morgan fingerprint density at radius 2 is 0.527 bits per heavy atom. The van der Waals surface area contributed by atoms with E-state index < -0.39 is 6.10 Å². The van der Waals surface area contributed by atoms with Crippen LogP contribution in [0.2, 0.25) is 0 Å². The van der Waals surface area contributed by atoms with Gasteiger partial charge in [-0.05, 0) is 116 Å². The molecule has 0 amide bonds. The maximum Gasteiger partial charge on any atom is 0.306 e. The van der Waals surface area contributed by atoms with Crippen LogP contribution in [-0.2, 0) is 28.6 Å². The van der Waals surface area contributed by atoms with E-state index in [0.29, 0.717) is 19.3 Å². The molecule has 0 rings (SSSR count). The molecule has 0 aliphatic heterocycles. The van der Waals surface area contributed by atoms with E-state index in [0.717, 1.165) is 148 Å². The summed E-state index contributed by atoms with van der Waals surface area (Å²) >= 11 is 0.